The van der Waals surface area contributed by atoms with E-state index in [0.717, 1.165) is 25.7 Å². The third-order valence-corrected chi connectivity index (χ3v) is 3.88. The Morgan fingerprint density at radius 1 is 1.47 bits per heavy atom. The van der Waals surface area contributed by atoms with Crippen molar-refractivity contribution in [3.8, 4) is 0 Å². The molecule has 1 saturated carbocycles. The summed E-state index contributed by atoms with van der Waals surface area (Å²) in [6.07, 6.45) is 3.65. The average molecular weight is 264 g/mol. The molecule has 5 nitrogen and oxygen atoms in total. The van der Waals surface area contributed by atoms with Crippen molar-refractivity contribution in [3.05, 3.63) is 34.4 Å². The van der Waals surface area contributed by atoms with Crippen molar-refractivity contribution in [1.29, 1.82) is 0 Å². The van der Waals surface area contributed by atoms with Gasteiger partial charge < -0.3 is 10.4 Å². The fourth-order valence-electron chi connectivity index (χ4n) is 2.47. The SMILES string of the molecule is CC1CCC(O)(CNc2cccc([N+](=O)[O-])c2)CC1. The molecule has 104 valence electrons. The number of hydrogen-bond donors (Lipinski definition) is 2. The minimum absolute atomic E-state index is 0.0641. The predicted octanol–water partition coefficient (Wildman–Crippen LogP) is 2.95. The average Bonchev–Trinajstić information content (AvgIpc) is 2.41. The number of nitrogens with one attached hydrogen (secondary N) is 1. The fraction of sp³-hybridized carbons (Fsp3) is 0.571. The van der Waals surface area contributed by atoms with Crippen LogP contribution in [0.15, 0.2) is 24.3 Å². The lowest BCUT2D eigenvalue weighted by atomic mass is 9.79. The zero-order valence-corrected chi connectivity index (χ0v) is 11.1. The van der Waals surface area contributed by atoms with Gasteiger partial charge in [0.15, 0.2) is 0 Å². The number of non-ortho nitro benzene ring substituents is 1. The molecule has 1 aliphatic carbocycles. The van der Waals surface area contributed by atoms with Crippen LogP contribution in [0, 0.1) is 16.0 Å². The monoisotopic (exact) mass is 264 g/mol. The zero-order chi connectivity index (χ0) is 13.9. The molecular weight excluding hydrogens is 244 g/mol. The molecule has 5 heteroatoms. The number of benzene rings is 1. The molecule has 0 radical (unpaired) electrons. The van der Waals surface area contributed by atoms with Gasteiger partial charge in [-0.2, -0.15) is 0 Å². The summed E-state index contributed by atoms with van der Waals surface area (Å²) in [6, 6.07) is 6.38. The van der Waals surface area contributed by atoms with Crippen molar-refractivity contribution in [1.82, 2.24) is 0 Å². The van der Waals surface area contributed by atoms with Crippen LogP contribution in [0.25, 0.3) is 0 Å². The molecular formula is C14H20N2O3. The van der Waals surface area contributed by atoms with Gasteiger partial charge in [-0.15, -0.1) is 0 Å². The van der Waals surface area contributed by atoms with Crippen LogP contribution in [0.5, 0.6) is 0 Å². The lowest BCUT2D eigenvalue weighted by molar-refractivity contribution is -0.384. The van der Waals surface area contributed by atoms with Crippen LogP contribution in [0.2, 0.25) is 0 Å². The van der Waals surface area contributed by atoms with Crippen LogP contribution in [-0.4, -0.2) is 22.2 Å². The molecule has 0 amide bonds. The second-order valence-electron chi connectivity index (χ2n) is 5.57. The lowest BCUT2D eigenvalue weighted by Crippen LogP contribution is -2.40. The van der Waals surface area contributed by atoms with Crippen LogP contribution in [0.1, 0.15) is 32.6 Å². The number of rotatable bonds is 4. The second-order valence-corrected chi connectivity index (χ2v) is 5.57. The third-order valence-electron chi connectivity index (χ3n) is 3.88. The van der Waals surface area contributed by atoms with E-state index in [2.05, 4.69) is 12.2 Å². The van der Waals surface area contributed by atoms with E-state index in [1.807, 2.05) is 0 Å². The van der Waals surface area contributed by atoms with E-state index in [4.69, 9.17) is 0 Å². The minimum atomic E-state index is -0.683. The fourth-order valence-corrected chi connectivity index (χ4v) is 2.47. The second kappa shape index (κ2) is 5.57. The Hall–Kier alpha value is -1.62. The van der Waals surface area contributed by atoms with Gasteiger partial charge in [0.1, 0.15) is 0 Å². The highest BCUT2D eigenvalue weighted by atomic mass is 16.6. The Balaban J connectivity index is 1.95. The summed E-state index contributed by atoms with van der Waals surface area (Å²) in [5.41, 5.74) is 0.0624. The Morgan fingerprint density at radius 3 is 2.79 bits per heavy atom. The van der Waals surface area contributed by atoms with Crippen molar-refractivity contribution in [2.24, 2.45) is 5.92 Å². The van der Waals surface area contributed by atoms with E-state index in [0.29, 0.717) is 18.2 Å². The smallest absolute Gasteiger partial charge is 0.271 e. The van der Waals surface area contributed by atoms with Gasteiger partial charge in [0, 0.05) is 24.4 Å². The molecule has 2 rings (SSSR count). The maximum absolute atomic E-state index is 10.7. The van der Waals surface area contributed by atoms with Gasteiger partial charge >= 0.3 is 0 Å². The molecule has 0 atom stereocenters. The lowest BCUT2D eigenvalue weighted by Gasteiger charge is -2.35. The van der Waals surface area contributed by atoms with E-state index in [1.54, 1.807) is 12.1 Å². The first-order valence-electron chi connectivity index (χ1n) is 6.69. The number of nitrogens with zero attached hydrogens (tertiary/aromatic N) is 1. The van der Waals surface area contributed by atoms with Crippen molar-refractivity contribution >= 4 is 11.4 Å². The first kappa shape index (κ1) is 13.8. The first-order valence-corrected chi connectivity index (χ1v) is 6.69. The maximum atomic E-state index is 10.7. The molecule has 1 aromatic carbocycles. The molecule has 1 aliphatic rings. The minimum Gasteiger partial charge on any atom is -0.388 e. The van der Waals surface area contributed by atoms with E-state index >= 15 is 0 Å². The highest BCUT2D eigenvalue weighted by Gasteiger charge is 2.31. The van der Waals surface area contributed by atoms with E-state index < -0.39 is 10.5 Å². The summed E-state index contributed by atoms with van der Waals surface area (Å²) in [7, 11) is 0. The number of aliphatic hydroxyl groups is 1. The van der Waals surface area contributed by atoms with Crippen molar-refractivity contribution in [2.45, 2.75) is 38.2 Å². The molecule has 19 heavy (non-hydrogen) atoms. The molecule has 2 N–H and O–H groups in total. The molecule has 0 unspecified atom stereocenters. The van der Waals surface area contributed by atoms with E-state index in [-0.39, 0.29) is 5.69 Å². The summed E-state index contributed by atoms with van der Waals surface area (Å²) in [5.74, 6) is 0.679. The maximum Gasteiger partial charge on any atom is 0.271 e. The van der Waals surface area contributed by atoms with Gasteiger partial charge in [0.05, 0.1) is 10.5 Å². The molecule has 1 aromatic rings. The molecule has 1 fully saturated rings. The van der Waals surface area contributed by atoms with E-state index in [1.165, 1.54) is 12.1 Å². The molecule has 0 bridgehead atoms. The van der Waals surface area contributed by atoms with Gasteiger partial charge in [-0.1, -0.05) is 13.0 Å². The quantitative estimate of drug-likeness (QED) is 0.647. The molecule has 0 aliphatic heterocycles. The summed E-state index contributed by atoms with van der Waals surface area (Å²) in [5, 5.41) is 24.2. The molecule has 0 aromatic heterocycles. The normalized spacial score (nSPS) is 26.9. The largest absolute Gasteiger partial charge is 0.388 e. The Bertz CT molecular complexity index is 454. The zero-order valence-electron chi connectivity index (χ0n) is 11.1. The van der Waals surface area contributed by atoms with Gasteiger partial charge in [-0.05, 0) is 37.7 Å². The predicted molar refractivity (Wildman–Crippen MR) is 74.2 cm³/mol. The molecule has 0 spiro atoms. The number of nitro benzene ring substituents is 1. The molecule has 0 heterocycles. The number of nitro groups is 1. The van der Waals surface area contributed by atoms with Crippen molar-refractivity contribution < 1.29 is 10.0 Å². The molecule has 0 saturated heterocycles. The summed E-state index contributed by atoms with van der Waals surface area (Å²) in [4.78, 5) is 10.3. The van der Waals surface area contributed by atoms with E-state index in [9.17, 15) is 15.2 Å². The van der Waals surface area contributed by atoms with Gasteiger partial charge in [-0.25, -0.2) is 0 Å². The first-order chi connectivity index (χ1) is 8.98. The topological polar surface area (TPSA) is 75.4 Å². The van der Waals surface area contributed by atoms with Crippen LogP contribution in [0.3, 0.4) is 0 Å². The third kappa shape index (κ3) is 3.67. The Morgan fingerprint density at radius 2 is 2.16 bits per heavy atom. The van der Waals surface area contributed by atoms with Crippen LogP contribution < -0.4 is 5.32 Å². The van der Waals surface area contributed by atoms with Crippen LogP contribution >= 0.6 is 0 Å². The summed E-state index contributed by atoms with van der Waals surface area (Å²) < 4.78 is 0. The highest BCUT2D eigenvalue weighted by molar-refractivity contribution is 5.51. The Kier molecular flexibility index (Phi) is 4.04. The van der Waals surface area contributed by atoms with Gasteiger partial charge in [-0.3, -0.25) is 10.1 Å². The standard InChI is InChI=1S/C14H20N2O3/c1-11-5-7-14(17,8-6-11)10-15-12-3-2-4-13(9-12)16(18)19/h2-4,9,11,15,17H,5-8,10H2,1H3. The summed E-state index contributed by atoms with van der Waals surface area (Å²) in [6.45, 7) is 2.65. The van der Waals surface area contributed by atoms with Crippen molar-refractivity contribution in [2.75, 3.05) is 11.9 Å². The van der Waals surface area contributed by atoms with Crippen LogP contribution in [0.4, 0.5) is 11.4 Å². The van der Waals surface area contributed by atoms with Gasteiger partial charge in [0.2, 0.25) is 0 Å². The van der Waals surface area contributed by atoms with Gasteiger partial charge in [0.25, 0.3) is 5.69 Å². The van der Waals surface area contributed by atoms with Crippen molar-refractivity contribution in [3.63, 3.8) is 0 Å². The Labute approximate surface area is 112 Å². The number of anilines is 1. The van der Waals surface area contributed by atoms with Crippen LogP contribution in [-0.2, 0) is 0 Å². The highest BCUT2D eigenvalue weighted by Crippen LogP contribution is 2.32. The summed E-state index contributed by atoms with van der Waals surface area (Å²) >= 11 is 0. The number of hydrogen-bond acceptors (Lipinski definition) is 4.